The molecule has 0 spiro atoms. The molecule has 2 aromatic rings. The van der Waals surface area contributed by atoms with E-state index in [9.17, 15) is 20.0 Å². The molecule has 1 N–H and O–H groups in total. The molecule has 1 aliphatic heterocycles. The number of para-hydroxylation sites is 1. The summed E-state index contributed by atoms with van der Waals surface area (Å²) in [7, 11) is 0. The fourth-order valence-corrected chi connectivity index (χ4v) is 2.66. The van der Waals surface area contributed by atoms with Crippen molar-refractivity contribution in [3.05, 3.63) is 69.3 Å². The largest absolute Gasteiger partial charge is 0.507 e. The van der Waals surface area contributed by atoms with E-state index in [0.717, 1.165) is 11.1 Å². The van der Waals surface area contributed by atoms with Gasteiger partial charge in [-0.1, -0.05) is 18.2 Å². The number of carbonyl (C=O) groups is 1. The number of benzene rings is 2. The van der Waals surface area contributed by atoms with Crippen molar-refractivity contribution in [3.8, 4) is 5.75 Å². The first-order chi connectivity index (χ1) is 10.6. The molecule has 0 saturated carbocycles. The Morgan fingerprint density at radius 1 is 1.18 bits per heavy atom. The maximum atomic E-state index is 12.5. The van der Waals surface area contributed by atoms with Crippen molar-refractivity contribution in [1.29, 1.82) is 0 Å². The Balaban J connectivity index is 1.87. The maximum absolute atomic E-state index is 12.5. The molecule has 1 aliphatic rings. The molecular formula is C16H14N2O4. The summed E-state index contributed by atoms with van der Waals surface area (Å²) in [5, 5.41) is 20.6. The van der Waals surface area contributed by atoms with Gasteiger partial charge in [0.1, 0.15) is 5.75 Å². The van der Waals surface area contributed by atoms with Gasteiger partial charge in [-0.25, -0.2) is 0 Å². The number of nitro benzene ring substituents is 1. The van der Waals surface area contributed by atoms with Crippen molar-refractivity contribution in [2.24, 2.45) is 0 Å². The number of amides is 1. The number of nitrogens with zero attached hydrogens (tertiary/aromatic N) is 2. The van der Waals surface area contributed by atoms with Crippen molar-refractivity contribution in [2.45, 2.75) is 13.0 Å². The van der Waals surface area contributed by atoms with Gasteiger partial charge in [0.15, 0.2) is 0 Å². The van der Waals surface area contributed by atoms with Gasteiger partial charge in [0, 0.05) is 25.2 Å². The van der Waals surface area contributed by atoms with Crippen LogP contribution in [-0.2, 0) is 13.0 Å². The lowest BCUT2D eigenvalue weighted by Gasteiger charge is -2.29. The van der Waals surface area contributed by atoms with Crippen LogP contribution < -0.4 is 0 Å². The maximum Gasteiger partial charge on any atom is 0.269 e. The topological polar surface area (TPSA) is 83.7 Å². The summed E-state index contributed by atoms with van der Waals surface area (Å²) in [4.78, 5) is 24.5. The molecule has 2 aromatic carbocycles. The van der Waals surface area contributed by atoms with Crippen LogP contribution in [0, 0.1) is 10.1 Å². The van der Waals surface area contributed by atoms with Crippen LogP contribution in [0.3, 0.4) is 0 Å². The highest BCUT2D eigenvalue weighted by molar-refractivity contribution is 5.96. The van der Waals surface area contributed by atoms with E-state index in [1.807, 2.05) is 0 Å². The SMILES string of the molecule is O=C(c1ccccc1O)N1CCc2ccc([N+](=O)[O-])cc2C1. The van der Waals surface area contributed by atoms with Gasteiger partial charge in [0.2, 0.25) is 0 Å². The number of rotatable bonds is 2. The molecule has 1 heterocycles. The van der Waals surface area contributed by atoms with Gasteiger partial charge in [-0.2, -0.15) is 0 Å². The van der Waals surface area contributed by atoms with Gasteiger partial charge < -0.3 is 10.0 Å². The summed E-state index contributed by atoms with van der Waals surface area (Å²) >= 11 is 0. The minimum absolute atomic E-state index is 0.0237. The molecule has 0 unspecified atom stereocenters. The molecule has 0 radical (unpaired) electrons. The third kappa shape index (κ3) is 2.50. The molecule has 0 aromatic heterocycles. The number of carbonyl (C=O) groups excluding carboxylic acids is 1. The second-order valence-electron chi connectivity index (χ2n) is 5.20. The Hall–Kier alpha value is -2.89. The Labute approximate surface area is 126 Å². The van der Waals surface area contributed by atoms with Gasteiger partial charge in [0.25, 0.3) is 11.6 Å². The highest BCUT2D eigenvalue weighted by atomic mass is 16.6. The number of hydrogen-bond donors (Lipinski definition) is 1. The third-order valence-electron chi connectivity index (χ3n) is 3.83. The zero-order valence-corrected chi connectivity index (χ0v) is 11.7. The van der Waals surface area contributed by atoms with Crippen LogP contribution in [-0.4, -0.2) is 27.4 Å². The number of nitro groups is 1. The highest BCUT2D eigenvalue weighted by Gasteiger charge is 2.24. The van der Waals surface area contributed by atoms with E-state index in [2.05, 4.69) is 0 Å². The van der Waals surface area contributed by atoms with E-state index < -0.39 is 4.92 Å². The van der Waals surface area contributed by atoms with Crippen LogP contribution in [0.2, 0.25) is 0 Å². The number of hydrogen-bond acceptors (Lipinski definition) is 4. The van der Waals surface area contributed by atoms with Crippen molar-refractivity contribution in [1.82, 2.24) is 4.90 Å². The van der Waals surface area contributed by atoms with Crippen LogP contribution in [0.15, 0.2) is 42.5 Å². The van der Waals surface area contributed by atoms with E-state index in [1.165, 1.54) is 18.2 Å². The Morgan fingerprint density at radius 3 is 2.68 bits per heavy atom. The molecule has 0 atom stereocenters. The van der Waals surface area contributed by atoms with Crippen LogP contribution in [0.25, 0.3) is 0 Å². The molecule has 112 valence electrons. The summed E-state index contributed by atoms with van der Waals surface area (Å²) in [6.45, 7) is 0.835. The fourth-order valence-electron chi connectivity index (χ4n) is 2.66. The molecule has 0 fully saturated rings. The van der Waals surface area contributed by atoms with E-state index in [-0.39, 0.29) is 22.9 Å². The summed E-state index contributed by atoms with van der Waals surface area (Å²) in [5.74, 6) is -0.326. The Kier molecular flexibility index (Phi) is 3.50. The molecule has 6 nitrogen and oxygen atoms in total. The number of fused-ring (bicyclic) bond motifs is 1. The van der Waals surface area contributed by atoms with Crippen LogP contribution in [0.1, 0.15) is 21.5 Å². The number of phenols is 1. The van der Waals surface area contributed by atoms with Gasteiger partial charge >= 0.3 is 0 Å². The lowest BCUT2D eigenvalue weighted by Crippen LogP contribution is -2.36. The van der Waals surface area contributed by atoms with Gasteiger partial charge in [-0.05, 0) is 29.7 Å². The number of non-ortho nitro benzene ring substituents is 1. The molecule has 22 heavy (non-hydrogen) atoms. The lowest BCUT2D eigenvalue weighted by molar-refractivity contribution is -0.385. The molecule has 1 amide bonds. The molecular weight excluding hydrogens is 284 g/mol. The van der Waals surface area contributed by atoms with Crippen molar-refractivity contribution in [2.75, 3.05) is 6.54 Å². The Morgan fingerprint density at radius 2 is 1.95 bits per heavy atom. The quantitative estimate of drug-likeness (QED) is 0.682. The third-order valence-corrected chi connectivity index (χ3v) is 3.83. The monoisotopic (exact) mass is 298 g/mol. The standard InChI is InChI=1S/C16H14N2O4/c19-15-4-2-1-3-14(15)16(20)17-8-7-11-5-6-13(18(21)22)9-12(11)10-17/h1-6,9,19H,7-8,10H2. The molecule has 0 saturated heterocycles. The predicted octanol–water partition coefficient (Wildman–Crippen LogP) is 2.50. The second kappa shape index (κ2) is 5.48. The summed E-state index contributed by atoms with van der Waals surface area (Å²) in [6.07, 6.45) is 0.645. The van der Waals surface area contributed by atoms with Crippen LogP contribution >= 0.6 is 0 Å². The molecule has 0 bridgehead atoms. The number of phenolic OH excluding ortho intramolecular Hbond substituents is 1. The number of aromatic hydroxyl groups is 1. The Bertz CT molecular complexity index is 758. The average molecular weight is 298 g/mol. The molecule has 6 heteroatoms. The average Bonchev–Trinajstić information content (AvgIpc) is 2.53. The van der Waals surface area contributed by atoms with E-state index >= 15 is 0 Å². The smallest absolute Gasteiger partial charge is 0.269 e. The van der Waals surface area contributed by atoms with Crippen molar-refractivity contribution >= 4 is 11.6 Å². The summed E-state index contributed by atoms with van der Waals surface area (Å²) in [6, 6.07) is 11.1. The minimum atomic E-state index is -0.440. The van der Waals surface area contributed by atoms with Gasteiger partial charge in [-0.15, -0.1) is 0 Å². The van der Waals surface area contributed by atoms with Crippen molar-refractivity contribution in [3.63, 3.8) is 0 Å². The first kappa shape index (κ1) is 14.1. The fraction of sp³-hybridized carbons (Fsp3) is 0.188. The highest BCUT2D eigenvalue weighted by Crippen LogP contribution is 2.26. The van der Waals surface area contributed by atoms with E-state index in [4.69, 9.17) is 0 Å². The zero-order valence-electron chi connectivity index (χ0n) is 11.7. The first-order valence-electron chi connectivity index (χ1n) is 6.90. The second-order valence-corrected chi connectivity index (χ2v) is 5.20. The normalized spacial score (nSPS) is 13.5. The van der Waals surface area contributed by atoms with E-state index in [1.54, 1.807) is 29.2 Å². The first-order valence-corrected chi connectivity index (χ1v) is 6.90. The van der Waals surface area contributed by atoms with Crippen LogP contribution in [0.4, 0.5) is 5.69 Å². The summed E-state index contributed by atoms with van der Waals surface area (Å²) < 4.78 is 0. The van der Waals surface area contributed by atoms with E-state index in [0.29, 0.717) is 19.5 Å². The molecule has 3 rings (SSSR count). The lowest BCUT2D eigenvalue weighted by atomic mass is 9.98. The minimum Gasteiger partial charge on any atom is -0.507 e. The van der Waals surface area contributed by atoms with Gasteiger partial charge in [0.05, 0.1) is 10.5 Å². The molecule has 0 aliphatic carbocycles. The summed E-state index contributed by atoms with van der Waals surface area (Å²) in [5.41, 5.74) is 2.07. The van der Waals surface area contributed by atoms with Crippen molar-refractivity contribution < 1.29 is 14.8 Å². The zero-order chi connectivity index (χ0) is 15.7. The predicted molar refractivity (Wildman–Crippen MR) is 79.6 cm³/mol. The van der Waals surface area contributed by atoms with Crippen LogP contribution in [0.5, 0.6) is 5.75 Å². The van der Waals surface area contributed by atoms with Gasteiger partial charge in [-0.3, -0.25) is 14.9 Å².